The maximum absolute atomic E-state index is 3.68. The highest BCUT2D eigenvalue weighted by atomic mass is 15.7. The predicted molar refractivity (Wildman–Crippen MR) is 179 cm³/mol. The Morgan fingerprint density at radius 3 is 2.84 bits per heavy atom. The summed E-state index contributed by atoms with van der Waals surface area (Å²) in [4.78, 5) is 3.04. The minimum Gasteiger partial charge on any atom is -0.327 e. The molecule has 1 saturated heterocycles. The van der Waals surface area contributed by atoms with Gasteiger partial charge in [-0.05, 0) is 91.8 Å². The summed E-state index contributed by atoms with van der Waals surface area (Å²) in [5, 5.41) is 8.89. The summed E-state index contributed by atoms with van der Waals surface area (Å²) >= 11 is 0. The summed E-state index contributed by atoms with van der Waals surface area (Å²) < 4.78 is 2.85. The molecule has 4 nitrogen and oxygen atoms in total. The Morgan fingerprint density at radius 2 is 1.96 bits per heavy atom. The predicted octanol–water partition coefficient (Wildman–Crippen LogP) is 5.53. The zero-order valence-electron chi connectivity index (χ0n) is 27.3. The molecule has 3 fully saturated rings. The summed E-state index contributed by atoms with van der Waals surface area (Å²) in [6.45, 7) is 12.9. The van der Waals surface area contributed by atoms with Crippen molar-refractivity contribution in [2.24, 2.45) is 11.8 Å². The molecule has 4 aliphatic heterocycles. The van der Waals surface area contributed by atoms with Crippen molar-refractivity contribution in [3.63, 3.8) is 0 Å². The van der Waals surface area contributed by atoms with Gasteiger partial charge in [-0.2, -0.15) is 0 Å². The van der Waals surface area contributed by atoms with Crippen molar-refractivity contribution in [1.82, 2.24) is 19.5 Å². The lowest BCUT2D eigenvalue weighted by atomic mass is 9.67. The van der Waals surface area contributed by atoms with Crippen molar-refractivity contribution < 1.29 is 0 Å². The van der Waals surface area contributed by atoms with E-state index in [9.17, 15) is 0 Å². The molecule has 0 bridgehead atoms. The van der Waals surface area contributed by atoms with Gasteiger partial charge in [0.2, 0.25) is 0 Å². The fourth-order valence-electron chi connectivity index (χ4n) is 12.1. The Bertz CT molecular complexity index is 2060. The number of fused-ring (bicyclic) bond motifs is 9. The Morgan fingerprint density at radius 1 is 1.04 bits per heavy atom. The lowest BCUT2D eigenvalue weighted by Crippen LogP contribution is -2.61. The summed E-state index contributed by atoms with van der Waals surface area (Å²) in [5.41, 5.74) is 17.8. The fourth-order valence-corrected chi connectivity index (χ4v) is 12.1. The van der Waals surface area contributed by atoms with Gasteiger partial charge in [0.25, 0.3) is 0 Å². The van der Waals surface area contributed by atoms with Crippen LogP contribution >= 0.6 is 0 Å². The van der Waals surface area contributed by atoms with Crippen molar-refractivity contribution in [2.75, 3.05) is 19.6 Å². The summed E-state index contributed by atoms with van der Waals surface area (Å²) in [6.07, 6.45) is 17.4. The van der Waals surface area contributed by atoms with Crippen molar-refractivity contribution in [1.29, 1.82) is 0 Å². The van der Waals surface area contributed by atoms with Crippen LogP contribution in [0.25, 0.3) is 11.6 Å². The smallest absolute Gasteiger partial charge is 0.0915 e. The first kappa shape index (κ1) is 25.9. The molecule has 45 heavy (non-hydrogen) atoms. The van der Waals surface area contributed by atoms with Gasteiger partial charge in [-0.3, -0.25) is 4.90 Å². The largest absolute Gasteiger partial charge is 0.327 e. The standard InChI is InChI=1S/C41H44N4/c1-5-9-26-15-14-24(3)35(25(26)4)27-21-43-33-13-8-11-29-30-16-17-31-28-10-6-7-12-32(28)45-34-20-23(2)18-19-42(34)41(37(30)39(31)45)38(36(29)33)40(41)44(43)22-27/h11,14-15,17-18,27,30,34,38,40H,5,7-9,12-13,16,19-22H2,1-4H3/t27?,30?,34?,38?,40?,41-/m0/s1. The van der Waals surface area contributed by atoms with E-state index in [1.165, 1.54) is 47.7 Å². The fraction of sp³-hybridized carbons (Fsp3) is 0.512. The van der Waals surface area contributed by atoms with Crippen LogP contribution in [-0.4, -0.2) is 50.7 Å². The molecular weight excluding hydrogens is 548 g/mol. The van der Waals surface area contributed by atoms with Crippen molar-refractivity contribution in [3.8, 4) is 11.8 Å². The lowest BCUT2D eigenvalue weighted by Gasteiger charge is -2.51. The molecule has 2 aromatic rings. The molecule has 0 N–H and O–H groups in total. The van der Waals surface area contributed by atoms with E-state index in [2.05, 4.69) is 89.4 Å². The number of aryl methyl sites for hydroxylation is 2. The molecule has 11 rings (SSSR count). The van der Waals surface area contributed by atoms with Crippen LogP contribution in [0.1, 0.15) is 98.0 Å². The van der Waals surface area contributed by atoms with Crippen molar-refractivity contribution in [3.05, 3.63) is 90.8 Å². The Hall–Kier alpha value is -3.26. The molecular formula is C41H44N4. The van der Waals surface area contributed by atoms with E-state index in [1.807, 2.05) is 0 Å². The van der Waals surface area contributed by atoms with Gasteiger partial charge in [-0.1, -0.05) is 61.1 Å². The number of aromatic nitrogens is 1. The number of rotatable bonds is 3. The number of benzene rings is 1. The number of hydrogen-bond acceptors (Lipinski definition) is 3. The maximum Gasteiger partial charge on any atom is 0.0915 e. The van der Waals surface area contributed by atoms with Gasteiger partial charge >= 0.3 is 0 Å². The average Bonchev–Trinajstić information content (AvgIpc) is 3.36. The van der Waals surface area contributed by atoms with Crippen molar-refractivity contribution >= 4 is 11.6 Å². The summed E-state index contributed by atoms with van der Waals surface area (Å²) in [7, 11) is 0. The number of hydrogen-bond donors (Lipinski definition) is 0. The molecule has 5 unspecified atom stereocenters. The number of nitrogens with zero attached hydrogens (tertiary/aromatic N) is 4. The van der Waals surface area contributed by atoms with Gasteiger partial charge in [-0.15, -0.1) is 0 Å². The molecule has 0 amide bonds. The van der Waals surface area contributed by atoms with Crippen LogP contribution in [0.4, 0.5) is 0 Å². The van der Waals surface area contributed by atoms with Gasteiger partial charge < -0.3 is 9.58 Å². The van der Waals surface area contributed by atoms with Crippen LogP contribution in [-0.2, 0) is 12.8 Å². The highest BCUT2D eigenvalue weighted by molar-refractivity contribution is 5.82. The number of allylic oxidation sites excluding steroid dienone is 3. The zero-order chi connectivity index (χ0) is 29.9. The van der Waals surface area contributed by atoms with Crippen LogP contribution in [0.2, 0.25) is 0 Å². The third-order valence-corrected chi connectivity index (χ3v) is 13.6. The molecule has 6 atom stereocenters. The van der Waals surface area contributed by atoms with Crippen LogP contribution < -0.4 is 10.6 Å². The minimum atomic E-state index is 0.104. The van der Waals surface area contributed by atoms with Crippen LogP contribution in [0.15, 0.2) is 46.7 Å². The van der Waals surface area contributed by atoms with Gasteiger partial charge in [-0.25, -0.2) is 5.01 Å². The van der Waals surface area contributed by atoms with E-state index < -0.39 is 0 Å². The van der Waals surface area contributed by atoms with Gasteiger partial charge in [0, 0.05) is 66.8 Å². The molecule has 4 heteroatoms. The quantitative estimate of drug-likeness (QED) is 0.345. The molecule has 1 aromatic carbocycles. The van der Waals surface area contributed by atoms with Crippen molar-refractivity contribution in [2.45, 2.75) is 103 Å². The highest BCUT2D eigenvalue weighted by Crippen LogP contribution is 2.74. The molecule has 5 heterocycles. The molecule has 1 aromatic heterocycles. The van der Waals surface area contributed by atoms with E-state index in [0.29, 0.717) is 30.0 Å². The van der Waals surface area contributed by atoms with Gasteiger partial charge in [0.05, 0.1) is 28.7 Å². The molecule has 2 saturated carbocycles. The first-order chi connectivity index (χ1) is 22.0. The third-order valence-electron chi connectivity index (χ3n) is 13.6. The maximum atomic E-state index is 3.68. The SMILES string of the molecule is CCCc1ccc(C)c(C2CN3C4=C5C(=CCC4)C4CC=c6c7c(n8c6=C4[C@@]4(C5C4N3C2)N2CC=C(C)CC28)CCC#C7)c1C. The molecule has 9 aliphatic rings. The van der Waals surface area contributed by atoms with E-state index in [4.69, 9.17) is 0 Å². The molecule has 0 radical (unpaired) electrons. The first-order valence-electron chi connectivity index (χ1n) is 18.0. The third kappa shape index (κ3) is 2.88. The van der Waals surface area contributed by atoms with E-state index >= 15 is 0 Å². The molecule has 1 spiro atoms. The average molecular weight is 593 g/mol. The Labute approximate surface area is 267 Å². The van der Waals surface area contributed by atoms with Crippen LogP contribution in [0, 0.1) is 37.5 Å². The first-order valence-corrected chi connectivity index (χ1v) is 18.0. The monoisotopic (exact) mass is 592 g/mol. The second kappa shape index (κ2) is 8.55. The highest BCUT2D eigenvalue weighted by Gasteiger charge is 2.81. The second-order valence-corrected chi connectivity index (χ2v) is 15.6. The number of hydrazine groups is 1. The Kier molecular flexibility index (Phi) is 4.92. The Balaban J connectivity index is 1.15. The minimum absolute atomic E-state index is 0.104. The lowest BCUT2D eigenvalue weighted by molar-refractivity contribution is 0.00950. The van der Waals surface area contributed by atoms with E-state index in [1.54, 1.807) is 50.0 Å². The van der Waals surface area contributed by atoms with E-state index in [-0.39, 0.29) is 5.54 Å². The molecule has 5 aliphatic carbocycles. The van der Waals surface area contributed by atoms with E-state index in [0.717, 1.165) is 45.3 Å². The molecule has 228 valence electrons. The van der Waals surface area contributed by atoms with Gasteiger partial charge in [0.15, 0.2) is 0 Å². The normalized spacial score (nSPS) is 34.4. The topological polar surface area (TPSA) is 14.7 Å². The summed E-state index contributed by atoms with van der Waals surface area (Å²) in [6, 6.07) is 5.36. The van der Waals surface area contributed by atoms with Crippen LogP contribution in [0.5, 0.6) is 0 Å². The second-order valence-electron chi connectivity index (χ2n) is 15.6. The van der Waals surface area contributed by atoms with Gasteiger partial charge in [0.1, 0.15) is 0 Å². The van der Waals surface area contributed by atoms with Crippen LogP contribution in [0.3, 0.4) is 0 Å². The zero-order valence-corrected chi connectivity index (χ0v) is 27.3. The summed E-state index contributed by atoms with van der Waals surface area (Å²) in [5.74, 6) is 8.86.